The highest BCUT2D eigenvalue weighted by molar-refractivity contribution is 4.99. The van der Waals surface area contributed by atoms with Crippen molar-refractivity contribution in [1.82, 2.24) is 5.32 Å². The lowest BCUT2D eigenvalue weighted by Crippen LogP contribution is -2.21. The van der Waals surface area contributed by atoms with Crippen LogP contribution in [0.1, 0.15) is 19.3 Å². The van der Waals surface area contributed by atoms with Crippen LogP contribution in [0.5, 0.6) is 0 Å². The van der Waals surface area contributed by atoms with E-state index in [0.717, 1.165) is 19.3 Å². The van der Waals surface area contributed by atoms with Crippen molar-refractivity contribution in [3.63, 3.8) is 0 Å². The molecule has 0 fully saturated rings. The Labute approximate surface area is 61.9 Å². The van der Waals surface area contributed by atoms with Crippen LogP contribution < -0.4 is 5.32 Å². The lowest BCUT2D eigenvalue weighted by Gasteiger charge is -2.07. The fourth-order valence-electron chi connectivity index (χ4n) is 1.24. The Hall–Kier alpha value is -0.340. The molecule has 0 aromatic rings. The van der Waals surface area contributed by atoms with Crippen molar-refractivity contribution in [1.29, 1.82) is 0 Å². The molecule has 0 radical (unpaired) electrons. The molecule has 1 aliphatic rings. The van der Waals surface area contributed by atoms with Gasteiger partial charge in [0.2, 0.25) is 0 Å². The minimum absolute atomic E-state index is 0.210. The van der Waals surface area contributed by atoms with Gasteiger partial charge in [-0.15, -0.1) is 0 Å². The molecule has 2 heteroatoms. The van der Waals surface area contributed by atoms with Gasteiger partial charge in [-0.05, 0) is 26.3 Å². The summed E-state index contributed by atoms with van der Waals surface area (Å²) in [7, 11) is 1.95. The van der Waals surface area contributed by atoms with Crippen LogP contribution in [0.3, 0.4) is 0 Å². The topological polar surface area (TPSA) is 32.3 Å². The van der Waals surface area contributed by atoms with Gasteiger partial charge in [0.05, 0.1) is 6.10 Å². The van der Waals surface area contributed by atoms with E-state index in [1.54, 1.807) is 0 Å². The van der Waals surface area contributed by atoms with E-state index in [9.17, 15) is 5.11 Å². The van der Waals surface area contributed by atoms with Gasteiger partial charge in [0, 0.05) is 6.04 Å². The van der Waals surface area contributed by atoms with Crippen LogP contribution in [-0.2, 0) is 0 Å². The van der Waals surface area contributed by atoms with E-state index in [1.165, 1.54) is 0 Å². The molecule has 0 amide bonds. The molecule has 2 atom stereocenters. The molecule has 0 aromatic carbocycles. The summed E-state index contributed by atoms with van der Waals surface area (Å²) in [6, 6.07) is 0.470. The highest BCUT2D eigenvalue weighted by atomic mass is 16.3. The molecule has 2 nitrogen and oxygen atoms in total. The van der Waals surface area contributed by atoms with E-state index in [4.69, 9.17) is 0 Å². The molecule has 2 N–H and O–H groups in total. The second-order valence-corrected chi connectivity index (χ2v) is 2.78. The normalized spacial score (nSPS) is 33.8. The maximum absolute atomic E-state index is 9.19. The first-order valence-corrected chi connectivity index (χ1v) is 3.86. The largest absolute Gasteiger partial charge is 0.389 e. The Bertz CT molecular complexity index is 122. The molecular formula is C8H15NO. The monoisotopic (exact) mass is 141 g/mol. The van der Waals surface area contributed by atoms with Gasteiger partial charge in [0.25, 0.3) is 0 Å². The van der Waals surface area contributed by atoms with Gasteiger partial charge in [-0.1, -0.05) is 12.2 Å². The van der Waals surface area contributed by atoms with Crippen molar-refractivity contribution in [3.05, 3.63) is 12.2 Å². The van der Waals surface area contributed by atoms with Crippen molar-refractivity contribution in [2.24, 2.45) is 0 Å². The number of aliphatic hydroxyl groups is 1. The zero-order valence-corrected chi connectivity index (χ0v) is 6.38. The summed E-state index contributed by atoms with van der Waals surface area (Å²) < 4.78 is 0. The molecule has 10 heavy (non-hydrogen) atoms. The Morgan fingerprint density at radius 2 is 2.20 bits per heavy atom. The predicted octanol–water partition coefficient (Wildman–Crippen LogP) is 0.675. The van der Waals surface area contributed by atoms with Gasteiger partial charge < -0.3 is 10.4 Å². The predicted molar refractivity (Wildman–Crippen MR) is 41.8 cm³/mol. The molecule has 1 rings (SSSR count). The van der Waals surface area contributed by atoms with Gasteiger partial charge in [-0.3, -0.25) is 0 Å². The standard InChI is InChI=1S/C8H15NO/c1-9-7-3-2-4-8(10)6-5-7/h5-10H,2-4H2,1H3/t7-,8+/m0/s1. The van der Waals surface area contributed by atoms with Crippen molar-refractivity contribution >= 4 is 0 Å². The van der Waals surface area contributed by atoms with Crippen molar-refractivity contribution < 1.29 is 5.11 Å². The Morgan fingerprint density at radius 3 is 2.90 bits per heavy atom. The summed E-state index contributed by atoms with van der Waals surface area (Å²) in [5.41, 5.74) is 0. The van der Waals surface area contributed by atoms with E-state index in [-0.39, 0.29) is 6.10 Å². The molecule has 0 bridgehead atoms. The van der Waals surface area contributed by atoms with Gasteiger partial charge >= 0.3 is 0 Å². The number of hydrogen-bond donors (Lipinski definition) is 2. The molecule has 0 saturated carbocycles. The molecule has 0 aromatic heterocycles. The highest BCUT2D eigenvalue weighted by Gasteiger charge is 2.08. The second-order valence-electron chi connectivity index (χ2n) is 2.78. The average molecular weight is 141 g/mol. The molecule has 0 spiro atoms. The van der Waals surface area contributed by atoms with Gasteiger partial charge in [-0.2, -0.15) is 0 Å². The van der Waals surface area contributed by atoms with Crippen LogP contribution in [0.4, 0.5) is 0 Å². The number of likely N-dealkylation sites (N-methyl/N-ethyl adjacent to an activating group) is 1. The lowest BCUT2D eigenvalue weighted by molar-refractivity contribution is 0.211. The highest BCUT2D eigenvalue weighted by Crippen LogP contribution is 2.10. The van der Waals surface area contributed by atoms with E-state index in [2.05, 4.69) is 11.4 Å². The second kappa shape index (κ2) is 3.74. The van der Waals surface area contributed by atoms with Gasteiger partial charge in [0.15, 0.2) is 0 Å². The third kappa shape index (κ3) is 2.12. The smallest absolute Gasteiger partial charge is 0.0721 e. The molecule has 1 aliphatic carbocycles. The lowest BCUT2D eigenvalue weighted by atomic mass is 10.1. The minimum Gasteiger partial charge on any atom is -0.389 e. The summed E-state index contributed by atoms with van der Waals surface area (Å²) >= 11 is 0. The quantitative estimate of drug-likeness (QED) is 0.526. The van der Waals surface area contributed by atoms with E-state index in [1.807, 2.05) is 13.1 Å². The zero-order valence-electron chi connectivity index (χ0n) is 6.38. The maximum Gasteiger partial charge on any atom is 0.0721 e. The summed E-state index contributed by atoms with van der Waals surface area (Å²) in [5.74, 6) is 0. The number of aliphatic hydroxyl groups excluding tert-OH is 1. The van der Waals surface area contributed by atoms with Crippen LogP contribution in [0.2, 0.25) is 0 Å². The van der Waals surface area contributed by atoms with Crippen molar-refractivity contribution in [2.75, 3.05) is 7.05 Å². The minimum atomic E-state index is -0.210. The van der Waals surface area contributed by atoms with Crippen molar-refractivity contribution in [3.8, 4) is 0 Å². The SMILES string of the molecule is CN[C@@H]1C=C[C@H](O)CCC1. The number of nitrogens with one attached hydrogen (secondary N) is 1. The molecular weight excluding hydrogens is 126 g/mol. The summed E-state index contributed by atoms with van der Waals surface area (Å²) in [6.07, 6.45) is 6.89. The Balaban J connectivity index is 2.42. The molecule has 0 heterocycles. The third-order valence-corrected chi connectivity index (χ3v) is 1.95. The average Bonchev–Trinajstić information content (AvgIpc) is 2.14. The van der Waals surface area contributed by atoms with Crippen LogP contribution in [0, 0.1) is 0 Å². The van der Waals surface area contributed by atoms with Crippen LogP contribution in [-0.4, -0.2) is 24.3 Å². The first-order valence-electron chi connectivity index (χ1n) is 3.86. The van der Waals surface area contributed by atoms with Crippen LogP contribution >= 0.6 is 0 Å². The first kappa shape index (κ1) is 7.76. The zero-order chi connectivity index (χ0) is 7.40. The van der Waals surface area contributed by atoms with E-state index in [0.29, 0.717) is 6.04 Å². The van der Waals surface area contributed by atoms with Crippen LogP contribution in [0.15, 0.2) is 12.2 Å². The van der Waals surface area contributed by atoms with Crippen molar-refractivity contribution in [2.45, 2.75) is 31.4 Å². The molecule has 0 saturated heterocycles. The number of rotatable bonds is 1. The fourth-order valence-corrected chi connectivity index (χ4v) is 1.24. The molecule has 58 valence electrons. The van der Waals surface area contributed by atoms with Crippen LogP contribution in [0.25, 0.3) is 0 Å². The third-order valence-electron chi connectivity index (χ3n) is 1.95. The molecule has 0 unspecified atom stereocenters. The fraction of sp³-hybridized carbons (Fsp3) is 0.750. The van der Waals surface area contributed by atoms with Gasteiger partial charge in [0.1, 0.15) is 0 Å². The maximum atomic E-state index is 9.19. The molecule has 0 aliphatic heterocycles. The van der Waals surface area contributed by atoms with Gasteiger partial charge in [-0.25, -0.2) is 0 Å². The first-order chi connectivity index (χ1) is 4.83. The Morgan fingerprint density at radius 1 is 1.40 bits per heavy atom. The number of hydrogen-bond acceptors (Lipinski definition) is 2. The summed E-state index contributed by atoms with van der Waals surface area (Å²) in [4.78, 5) is 0. The summed E-state index contributed by atoms with van der Waals surface area (Å²) in [5, 5.41) is 12.4. The van der Waals surface area contributed by atoms with E-state index >= 15 is 0 Å². The summed E-state index contributed by atoms with van der Waals surface area (Å²) in [6.45, 7) is 0. The van der Waals surface area contributed by atoms with E-state index < -0.39 is 0 Å². The Kier molecular flexibility index (Phi) is 2.90.